The van der Waals surface area contributed by atoms with Crippen molar-refractivity contribution in [1.29, 1.82) is 0 Å². The molecule has 4 rings (SSSR count). The van der Waals surface area contributed by atoms with Gasteiger partial charge in [-0.3, -0.25) is 4.79 Å². The van der Waals surface area contributed by atoms with Crippen LogP contribution in [0.2, 0.25) is 0 Å². The molecule has 6 nitrogen and oxygen atoms in total. The predicted octanol–water partition coefficient (Wildman–Crippen LogP) is 1.94. The molecule has 2 aliphatic heterocycles. The molecule has 7 heteroatoms. The van der Waals surface area contributed by atoms with Gasteiger partial charge in [0.15, 0.2) is 5.58 Å². The van der Waals surface area contributed by atoms with E-state index in [1.165, 1.54) is 6.26 Å². The third-order valence-corrected chi connectivity index (χ3v) is 6.95. The van der Waals surface area contributed by atoms with Gasteiger partial charge in [0.25, 0.3) is 0 Å². The lowest BCUT2D eigenvalue weighted by Crippen LogP contribution is -2.50. The molecular weight excluding hydrogens is 328 g/mol. The molecule has 2 fully saturated rings. The maximum Gasteiger partial charge on any atom is 0.229 e. The third kappa shape index (κ3) is 2.60. The lowest BCUT2D eigenvalue weighted by molar-refractivity contribution is -0.134. The number of hydrogen-bond acceptors (Lipinski definition) is 5. The first-order chi connectivity index (χ1) is 11.4. The number of aromatic nitrogens is 1. The number of fused-ring (bicyclic) bond motifs is 3. The van der Waals surface area contributed by atoms with Crippen molar-refractivity contribution in [3.05, 3.63) is 30.0 Å². The molecule has 0 saturated carbocycles. The van der Waals surface area contributed by atoms with Gasteiger partial charge in [0, 0.05) is 23.7 Å². The highest BCUT2D eigenvalue weighted by Gasteiger charge is 2.45. The Morgan fingerprint density at radius 3 is 2.58 bits per heavy atom. The van der Waals surface area contributed by atoms with Crippen LogP contribution in [0.5, 0.6) is 0 Å². The molecule has 2 aliphatic rings. The van der Waals surface area contributed by atoms with Crippen molar-refractivity contribution in [2.75, 3.05) is 6.26 Å². The Labute approximate surface area is 140 Å². The maximum absolute atomic E-state index is 12.8. The minimum absolute atomic E-state index is 0.0218. The first kappa shape index (κ1) is 15.6. The molecule has 0 aliphatic carbocycles. The van der Waals surface area contributed by atoms with Gasteiger partial charge in [-0.1, -0.05) is 17.3 Å². The normalized spacial score (nSPS) is 26.9. The van der Waals surface area contributed by atoms with E-state index in [4.69, 9.17) is 4.52 Å². The van der Waals surface area contributed by atoms with Gasteiger partial charge in [-0.25, -0.2) is 8.42 Å². The predicted molar refractivity (Wildman–Crippen MR) is 89.2 cm³/mol. The third-order valence-electron chi connectivity index (χ3n) is 5.35. The number of hydrogen-bond donors (Lipinski definition) is 0. The van der Waals surface area contributed by atoms with E-state index in [2.05, 4.69) is 5.16 Å². The number of carbonyl (C=O) groups is 1. The maximum atomic E-state index is 12.8. The summed E-state index contributed by atoms with van der Waals surface area (Å²) >= 11 is 0. The summed E-state index contributed by atoms with van der Waals surface area (Å²) in [6, 6.07) is 7.57. The van der Waals surface area contributed by atoms with Crippen molar-refractivity contribution in [3.63, 3.8) is 0 Å². The topological polar surface area (TPSA) is 80.5 Å². The van der Waals surface area contributed by atoms with E-state index < -0.39 is 9.84 Å². The average molecular weight is 348 g/mol. The van der Waals surface area contributed by atoms with Crippen LogP contribution in [0.25, 0.3) is 11.0 Å². The summed E-state index contributed by atoms with van der Waals surface area (Å²) in [5.41, 5.74) is 1.33. The number of amides is 1. The minimum Gasteiger partial charge on any atom is -0.356 e. The number of piperidine rings is 1. The molecule has 2 aromatic rings. The van der Waals surface area contributed by atoms with Crippen molar-refractivity contribution in [3.8, 4) is 0 Å². The van der Waals surface area contributed by atoms with Crippen LogP contribution in [0.15, 0.2) is 28.8 Å². The summed E-state index contributed by atoms with van der Waals surface area (Å²) in [6.07, 6.45) is 4.40. The van der Waals surface area contributed by atoms with Crippen LogP contribution in [0.3, 0.4) is 0 Å². The van der Waals surface area contributed by atoms with Gasteiger partial charge < -0.3 is 9.42 Å². The highest BCUT2D eigenvalue weighted by atomic mass is 32.2. The molecule has 3 heterocycles. The minimum atomic E-state index is -3.04. The molecule has 1 aromatic carbocycles. The van der Waals surface area contributed by atoms with Crippen LogP contribution >= 0.6 is 0 Å². The summed E-state index contributed by atoms with van der Waals surface area (Å²) in [4.78, 5) is 14.7. The summed E-state index contributed by atoms with van der Waals surface area (Å²) in [5.74, 6) is 0.0218. The Morgan fingerprint density at radius 1 is 1.25 bits per heavy atom. The SMILES string of the molecule is CS(=O)(=O)C1C[C@H]2CC[C@@H](C1)N2C(=O)Cc1noc2ccccc12. The second-order valence-electron chi connectivity index (χ2n) is 6.91. The molecule has 2 bridgehead atoms. The first-order valence-electron chi connectivity index (χ1n) is 8.27. The lowest BCUT2D eigenvalue weighted by atomic mass is 10.0. The molecule has 1 aromatic heterocycles. The molecule has 24 heavy (non-hydrogen) atoms. The van der Waals surface area contributed by atoms with E-state index in [9.17, 15) is 13.2 Å². The summed E-state index contributed by atoms with van der Waals surface area (Å²) in [7, 11) is -3.04. The van der Waals surface area contributed by atoms with Gasteiger partial charge in [0.05, 0.1) is 11.7 Å². The number of sulfone groups is 1. The van der Waals surface area contributed by atoms with Crippen LogP contribution in [-0.2, 0) is 21.1 Å². The lowest BCUT2D eigenvalue weighted by Gasteiger charge is -2.38. The van der Waals surface area contributed by atoms with Crippen LogP contribution in [-0.4, -0.2) is 48.0 Å². The molecule has 0 spiro atoms. The molecule has 0 N–H and O–H groups in total. The zero-order chi connectivity index (χ0) is 16.9. The molecule has 128 valence electrons. The van der Waals surface area contributed by atoms with Crippen LogP contribution in [0.1, 0.15) is 31.4 Å². The van der Waals surface area contributed by atoms with Gasteiger partial charge in [0.1, 0.15) is 15.5 Å². The summed E-state index contributed by atoms with van der Waals surface area (Å²) < 4.78 is 29.0. The largest absolute Gasteiger partial charge is 0.356 e. The van der Waals surface area contributed by atoms with E-state index in [1.54, 1.807) is 0 Å². The van der Waals surface area contributed by atoms with Crippen molar-refractivity contribution in [1.82, 2.24) is 10.1 Å². The van der Waals surface area contributed by atoms with E-state index in [0.717, 1.165) is 18.2 Å². The Kier molecular flexibility index (Phi) is 3.63. The standard InChI is InChI=1S/C17H20N2O4S/c1-24(21,22)13-8-11-6-7-12(9-13)19(11)17(20)10-15-14-4-2-3-5-16(14)23-18-15/h2-5,11-13H,6-10H2,1H3/t11-,12+,13?. The zero-order valence-corrected chi connectivity index (χ0v) is 14.3. The smallest absolute Gasteiger partial charge is 0.229 e. The van der Waals surface area contributed by atoms with Crippen LogP contribution < -0.4 is 0 Å². The van der Waals surface area contributed by atoms with Crippen LogP contribution in [0.4, 0.5) is 0 Å². The van der Waals surface area contributed by atoms with Crippen molar-refractivity contribution >= 4 is 26.7 Å². The molecule has 2 saturated heterocycles. The highest BCUT2D eigenvalue weighted by Crippen LogP contribution is 2.38. The fourth-order valence-electron chi connectivity index (χ4n) is 4.18. The van der Waals surface area contributed by atoms with Gasteiger partial charge in [-0.2, -0.15) is 0 Å². The van der Waals surface area contributed by atoms with E-state index in [-0.39, 0.29) is 29.7 Å². The van der Waals surface area contributed by atoms with E-state index in [1.807, 2.05) is 29.2 Å². The highest BCUT2D eigenvalue weighted by molar-refractivity contribution is 7.91. The Bertz CT molecular complexity index is 875. The number of benzene rings is 1. The molecule has 1 unspecified atom stereocenters. The van der Waals surface area contributed by atoms with Crippen molar-refractivity contribution < 1.29 is 17.7 Å². The second-order valence-corrected chi connectivity index (χ2v) is 9.24. The Hall–Kier alpha value is -1.89. The fourth-order valence-corrected chi connectivity index (χ4v) is 5.33. The van der Waals surface area contributed by atoms with Crippen molar-refractivity contribution in [2.24, 2.45) is 0 Å². The molecule has 3 atom stereocenters. The molecule has 1 amide bonds. The number of nitrogens with zero attached hydrogens (tertiary/aromatic N) is 2. The van der Waals surface area contributed by atoms with Gasteiger partial charge >= 0.3 is 0 Å². The second kappa shape index (κ2) is 5.58. The van der Waals surface area contributed by atoms with Crippen LogP contribution in [0, 0.1) is 0 Å². The zero-order valence-electron chi connectivity index (χ0n) is 13.5. The monoisotopic (exact) mass is 348 g/mol. The summed E-state index contributed by atoms with van der Waals surface area (Å²) in [6.45, 7) is 0. The number of para-hydroxylation sites is 1. The number of carbonyl (C=O) groups excluding carboxylic acids is 1. The van der Waals surface area contributed by atoms with Gasteiger partial charge in [0.2, 0.25) is 5.91 Å². The summed E-state index contributed by atoms with van der Waals surface area (Å²) in [5, 5.41) is 4.59. The van der Waals surface area contributed by atoms with E-state index >= 15 is 0 Å². The number of rotatable bonds is 3. The van der Waals surface area contributed by atoms with Gasteiger partial charge in [-0.05, 0) is 37.8 Å². The quantitative estimate of drug-likeness (QED) is 0.847. The molecule has 0 radical (unpaired) electrons. The Balaban J connectivity index is 1.54. The first-order valence-corrected chi connectivity index (χ1v) is 10.2. The Morgan fingerprint density at radius 2 is 1.92 bits per heavy atom. The van der Waals surface area contributed by atoms with Crippen molar-refractivity contribution in [2.45, 2.75) is 49.4 Å². The van der Waals surface area contributed by atoms with Gasteiger partial charge in [-0.15, -0.1) is 0 Å². The van der Waals surface area contributed by atoms with E-state index in [0.29, 0.717) is 24.1 Å². The average Bonchev–Trinajstić information content (AvgIpc) is 3.05. The fraction of sp³-hybridized carbons (Fsp3) is 0.529. The molecular formula is C17H20N2O4S.